The third kappa shape index (κ3) is 3.29. The zero-order valence-electron chi connectivity index (χ0n) is 12.8. The van der Waals surface area contributed by atoms with Crippen molar-refractivity contribution in [2.45, 2.75) is 25.2 Å². The van der Waals surface area contributed by atoms with Crippen LogP contribution in [0.3, 0.4) is 0 Å². The van der Waals surface area contributed by atoms with Gasteiger partial charge in [-0.3, -0.25) is 0 Å². The Morgan fingerprint density at radius 3 is 2.68 bits per heavy atom. The number of nitrogens with zero attached hydrogens (tertiary/aromatic N) is 1. The van der Waals surface area contributed by atoms with Crippen molar-refractivity contribution in [1.29, 1.82) is 0 Å². The number of methoxy groups -OCH3 is 1. The number of nitrogens with two attached hydrogens (primary N) is 1. The summed E-state index contributed by atoms with van der Waals surface area (Å²) in [7, 11) is -2.49. The molecule has 7 nitrogen and oxygen atoms in total. The van der Waals surface area contributed by atoms with Crippen molar-refractivity contribution in [1.82, 2.24) is 4.31 Å². The number of carbonyl (C=O) groups is 1. The number of furan rings is 1. The second-order valence-corrected chi connectivity index (χ2v) is 7.53. The van der Waals surface area contributed by atoms with Crippen LogP contribution in [0, 0.1) is 12.3 Å². The molecule has 1 saturated heterocycles. The van der Waals surface area contributed by atoms with E-state index in [0.717, 1.165) is 0 Å². The maximum absolute atomic E-state index is 12.7. The predicted octanol–water partition coefficient (Wildman–Crippen LogP) is 1.16. The number of esters is 1. The molecule has 2 rings (SSSR count). The van der Waals surface area contributed by atoms with E-state index in [2.05, 4.69) is 4.74 Å². The van der Waals surface area contributed by atoms with Crippen molar-refractivity contribution >= 4 is 28.4 Å². The van der Waals surface area contributed by atoms with E-state index < -0.39 is 16.0 Å². The molecule has 126 valence electrons. The van der Waals surface area contributed by atoms with Crippen LogP contribution in [-0.2, 0) is 14.8 Å². The van der Waals surface area contributed by atoms with Crippen LogP contribution in [0.15, 0.2) is 15.4 Å². The van der Waals surface area contributed by atoms with Gasteiger partial charge in [0.25, 0.3) is 0 Å². The molecule has 9 heteroatoms. The monoisotopic (exact) mass is 352 g/mol. The smallest absolute Gasteiger partial charge is 0.373 e. The zero-order chi connectivity index (χ0) is 15.8. The van der Waals surface area contributed by atoms with E-state index in [-0.39, 0.29) is 34.2 Å². The number of sulfonamides is 1. The van der Waals surface area contributed by atoms with Gasteiger partial charge < -0.3 is 14.9 Å². The molecule has 0 aromatic carbocycles. The van der Waals surface area contributed by atoms with Crippen molar-refractivity contribution in [3.63, 3.8) is 0 Å². The van der Waals surface area contributed by atoms with Gasteiger partial charge in [0.05, 0.1) is 7.11 Å². The van der Waals surface area contributed by atoms with Crippen LogP contribution in [0.1, 0.15) is 29.7 Å². The molecule has 0 radical (unpaired) electrons. The van der Waals surface area contributed by atoms with E-state index in [4.69, 9.17) is 10.2 Å². The fourth-order valence-electron chi connectivity index (χ4n) is 2.41. The summed E-state index contributed by atoms with van der Waals surface area (Å²) in [6, 6.07) is 1.22. The summed E-state index contributed by atoms with van der Waals surface area (Å²) >= 11 is 0. The number of hydrogen-bond acceptors (Lipinski definition) is 6. The molecule has 0 spiro atoms. The van der Waals surface area contributed by atoms with Gasteiger partial charge >= 0.3 is 5.97 Å². The maximum Gasteiger partial charge on any atom is 0.373 e. The van der Waals surface area contributed by atoms with Gasteiger partial charge in [0, 0.05) is 19.2 Å². The molecular weight excluding hydrogens is 332 g/mol. The number of aryl methyl sites for hydroxylation is 1. The zero-order valence-corrected chi connectivity index (χ0v) is 14.4. The van der Waals surface area contributed by atoms with E-state index in [1.807, 2.05) is 6.92 Å². The van der Waals surface area contributed by atoms with Crippen molar-refractivity contribution in [2.75, 3.05) is 26.7 Å². The molecule has 1 atom stereocenters. The lowest BCUT2D eigenvalue weighted by molar-refractivity contribution is 0.0563. The molecule has 1 unspecified atom stereocenters. The molecule has 1 aromatic heterocycles. The first-order valence-corrected chi connectivity index (χ1v) is 8.06. The molecule has 0 aliphatic carbocycles. The maximum atomic E-state index is 12.7. The molecule has 0 amide bonds. The van der Waals surface area contributed by atoms with Crippen molar-refractivity contribution < 1.29 is 22.4 Å². The fraction of sp³-hybridized carbons (Fsp3) is 0.615. The minimum atomic E-state index is -3.70. The Balaban J connectivity index is 0.00000242. The van der Waals surface area contributed by atoms with Crippen LogP contribution < -0.4 is 5.73 Å². The van der Waals surface area contributed by atoms with E-state index >= 15 is 0 Å². The fourth-order valence-corrected chi connectivity index (χ4v) is 4.16. The number of carbonyl (C=O) groups excluding carboxylic acids is 1. The molecule has 1 aromatic rings. The highest BCUT2D eigenvalue weighted by molar-refractivity contribution is 7.89. The summed E-state index contributed by atoms with van der Waals surface area (Å²) in [6.07, 6.45) is 0.712. The van der Waals surface area contributed by atoms with E-state index in [1.54, 1.807) is 0 Å². The molecule has 2 heterocycles. The molecule has 22 heavy (non-hydrogen) atoms. The Morgan fingerprint density at radius 2 is 2.18 bits per heavy atom. The van der Waals surface area contributed by atoms with Gasteiger partial charge in [-0.15, -0.1) is 12.4 Å². The number of rotatable bonds is 4. The van der Waals surface area contributed by atoms with Gasteiger partial charge in [-0.25, -0.2) is 13.2 Å². The average molecular weight is 353 g/mol. The van der Waals surface area contributed by atoms with Gasteiger partial charge in [-0.05, 0) is 25.3 Å². The molecule has 0 bridgehead atoms. The van der Waals surface area contributed by atoms with Gasteiger partial charge in [-0.2, -0.15) is 4.31 Å². The summed E-state index contributed by atoms with van der Waals surface area (Å²) < 4.78 is 36.4. The van der Waals surface area contributed by atoms with E-state index in [0.29, 0.717) is 26.1 Å². The quantitative estimate of drug-likeness (QED) is 0.815. The minimum absolute atomic E-state index is 0. The Labute approximate surface area is 136 Å². The third-order valence-corrected chi connectivity index (χ3v) is 5.84. The Bertz CT molecular complexity index is 657. The standard InChI is InChI=1S/C13H20N2O5S.ClH/c1-9-11(6-10(20-9)12(16)19-3)21(17,18)15-5-4-13(2,7-14)8-15;/h6H,4-5,7-8,14H2,1-3H3;1H. The lowest BCUT2D eigenvalue weighted by Crippen LogP contribution is -2.34. The number of halogens is 1. The first-order valence-electron chi connectivity index (χ1n) is 6.62. The third-order valence-electron chi connectivity index (χ3n) is 3.89. The molecule has 2 N–H and O–H groups in total. The SMILES string of the molecule is COC(=O)c1cc(S(=O)(=O)N2CCC(C)(CN)C2)c(C)o1.Cl. The Morgan fingerprint density at radius 1 is 1.55 bits per heavy atom. The van der Waals surface area contributed by atoms with Gasteiger partial charge in [0.2, 0.25) is 15.8 Å². The second kappa shape index (κ2) is 6.57. The van der Waals surface area contributed by atoms with Crippen molar-refractivity contribution in [3.8, 4) is 0 Å². The highest BCUT2D eigenvalue weighted by atomic mass is 35.5. The molecule has 1 fully saturated rings. The minimum Gasteiger partial charge on any atom is -0.463 e. The van der Waals surface area contributed by atoms with Gasteiger partial charge in [-0.1, -0.05) is 6.92 Å². The van der Waals surface area contributed by atoms with Crippen LogP contribution in [0.5, 0.6) is 0 Å². The van der Waals surface area contributed by atoms with Crippen LogP contribution in [-0.4, -0.2) is 45.4 Å². The summed E-state index contributed by atoms with van der Waals surface area (Å²) in [5.41, 5.74) is 5.49. The largest absolute Gasteiger partial charge is 0.463 e. The lowest BCUT2D eigenvalue weighted by Gasteiger charge is -2.22. The van der Waals surface area contributed by atoms with Gasteiger partial charge in [0.1, 0.15) is 10.7 Å². The summed E-state index contributed by atoms with van der Waals surface area (Å²) in [5.74, 6) is -0.640. The lowest BCUT2D eigenvalue weighted by atomic mass is 9.90. The Kier molecular flexibility index (Phi) is 5.66. The second-order valence-electron chi connectivity index (χ2n) is 5.63. The molecule has 1 aliphatic rings. The van der Waals surface area contributed by atoms with E-state index in [9.17, 15) is 13.2 Å². The van der Waals surface area contributed by atoms with Crippen molar-refractivity contribution in [3.05, 3.63) is 17.6 Å². The summed E-state index contributed by atoms with van der Waals surface area (Å²) in [4.78, 5) is 11.4. The van der Waals surface area contributed by atoms with E-state index in [1.165, 1.54) is 24.4 Å². The average Bonchev–Trinajstić information content (AvgIpc) is 3.03. The predicted molar refractivity (Wildman–Crippen MR) is 82.6 cm³/mol. The topological polar surface area (TPSA) is 103 Å². The van der Waals surface area contributed by atoms with Crippen LogP contribution in [0.4, 0.5) is 0 Å². The van der Waals surface area contributed by atoms with Crippen LogP contribution in [0.25, 0.3) is 0 Å². The molecular formula is C13H21ClN2O5S. The summed E-state index contributed by atoms with van der Waals surface area (Å²) in [5, 5.41) is 0. The first kappa shape index (κ1) is 19.0. The number of ether oxygens (including phenoxy) is 1. The Hall–Kier alpha value is -1.09. The highest BCUT2D eigenvalue weighted by Gasteiger charge is 2.40. The molecule has 0 saturated carbocycles. The van der Waals surface area contributed by atoms with Crippen LogP contribution >= 0.6 is 12.4 Å². The number of hydrogen-bond donors (Lipinski definition) is 1. The molecule has 1 aliphatic heterocycles. The van der Waals surface area contributed by atoms with Crippen LogP contribution in [0.2, 0.25) is 0 Å². The summed E-state index contributed by atoms with van der Waals surface area (Å²) in [6.45, 7) is 4.68. The normalized spacial score (nSPS) is 22.4. The van der Waals surface area contributed by atoms with Gasteiger partial charge in [0.15, 0.2) is 0 Å². The van der Waals surface area contributed by atoms with Crippen molar-refractivity contribution in [2.24, 2.45) is 11.1 Å². The first-order chi connectivity index (χ1) is 9.73. The highest BCUT2D eigenvalue weighted by Crippen LogP contribution is 2.34.